The fourth-order valence-corrected chi connectivity index (χ4v) is 2.28. The number of aryl methyl sites for hydroxylation is 1. The Morgan fingerprint density at radius 2 is 1.60 bits per heavy atom. The van der Waals surface area contributed by atoms with Gasteiger partial charge in [0.2, 0.25) is 0 Å². The lowest BCUT2D eigenvalue weighted by molar-refractivity contribution is 0.523. The van der Waals surface area contributed by atoms with Gasteiger partial charge in [0.05, 0.1) is 0 Å². The lowest BCUT2D eigenvalue weighted by Crippen LogP contribution is -2.09. The molecular formula is C16H30N4. The zero-order valence-electron chi connectivity index (χ0n) is 13.7. The summed E-state index contributed by atoms with van der Waals surface area (Å²) >= 11 is 0. The number of hydrogen-bond acceptors (Lipinski definition) is 4. The molecule has 0 aromatic carbocycles. The predicted octanol–water partition coefficient (Wildman–Crippen LogP) is 4.15. The molecule has 4 nitrogen and oxygen atoms in total. The normalized spacial score (nSPS) is 10.9. The van der Waals surface area contributed by atoms with E-state index >= 15 is 0 Å². The molecule has 20 heavy (non-hydrogen) atoms. The molecule has 1 rings (SSSR count). The van der Waals surface area contributed by atoms with Crippen molar-refractivity contribution in [2.45, 2.75) is 59.8 Å². The van der Waals surface area contributed by atoms with E-state index in [2.05, 4.69) is 41.4 Å². The van der Waals surface area contributed by atoms with Crippen molar-refractivity contribution in [2.75, 3.05) is 24.2 Å². The Labute approximate surface area is 123 Å². The molecule has 1 aromatic heterocycles. The quantitative estimate of drug-likeness (QED) is 0.666. The number of nitrogens with zero attached hydrogens (tertiary/aromatic N) is 2. The van der Waals surface area contributed by atoms with E-state index in [0.29, 0.717) is 0 Å². The number of unbranched alkanes of at least 4 members (excludes halogenated alkanes) is 3. The van der Waals surface area contributed by atoms with Crippen molar-refractivity contribution in [1.29, 1.82) is 0 Å². The Morgan fingerprint density at radius 1 is 0.950 bits per heavy atom. The molecule has 0 saturated carbocycles. The first kappa shape index (κ1) is 16.7. The highest BCUT2D eigenvalue weighted by atomic mass is 15.1. The molecule has 0 bridgehead atoms. The fraction of sp³-hybridized carbons (Fsp3) is 0.750. The molecule has 0 atom stereocenters. The van der Waals surface area contributed by atoms with Crippen molar-refractivity contribution in [3.05, 3.63) is 11.4 Å². The second kappa shape index (κ2) is 8.77. The molecular weight excluding hydrogens is 248 g/mol. The second-order valence-corrected chi connectivity index (χ2v) is 5.87. The molecule has 0 spiro atoms. The summed E-state index contributed by atoms with van der Waals surface area (Å²) in [7, 11) is 1.90. The van der Waals surface area contributed by atoms with Crippen LogP contribution in [-0.2, 0) is 0 Å². The van der Waals surface area contributed by atoms with Crippen LogP contribution in [0.1, 0.15) is 57.3 Å². The molecule has 0 fully saturated rings. The molecule has 0 radical (unpaired) electrons. The average Bonchev–Trinajstić information content (AvgIpc) is 2.40. The Kier molecular flexibility index (Phi) is 7.34. The minimum atomic E-state index is 0.805. The maximum atomic E-state index is 4.48. The number of nitrogens with one attached hydrogen (secondary N) is 2. The third-order valence-electron chi connectivity index (χ3n) is 3.50. The number of hydrogen-bond donors (Lipinski definition) is 2. The lowest BCUT2D eigenvalue weighted by atomic mass is 10.0. The molecule has 1 aromatic rings. The van der Waals surface area contributed by atoms with Gasteiger partial charge >= 0.3 is 0 Å². The van der Waals surface area contributed by atoms with Gasteiger partial charge in [0.25, 0.3) is 0 Å². The van der Waals surface area contributed by atoms with E-state index in [4.69, 9.17) is 0 Å². The van der Waals surface area contributed by atoms with Gasteiger partial charge in [-0.3, -0.25) is 0 Å². The van der Waals surface area contributed by atoms with Crippen LogP contribution in [0.3, 0.4) is 0 Å². The van der Waals surface area contributed by atoms with Crippen LogP contribution >= 0.6 is 0 Å². The second-order valence-electron chi connectivity index (χ2n) is 5.87. The summed E-state index contributed by atoms with van der Waals surface area (Å²) in [5.41, 5.74) is 1.10. The fourth-order valence-electron chi connectivity index (χ4n) is 2.28. The summed E-state index contributed by atoms with van der Waals surface area (Å²) in [5, 5.41) is 6.55. The third-order valence-corrected chi connectivity index (χ3v) is 3.50. The molecule has 0 amide bonds. The summed E-state index contributed by atoms with van der Waals surface area (Å²) in [6.45, 7) is 9.55. The van der Waals surface area contributed by atoms with E-state index in [1.807, 2.05) is 14.0 Å². The molecule has 0 unspecified atom stereocenters. The molecule has 2 N–H and O–H groups in total. The van der Waals surface area contributed by atoms with E-state index in [1.165, 1.54) is 32.1 Å². The average molecular weight is 278 g/mol. The first-order valence-electron chi connectivity index (χ1n) is 7.81. The van der Waals surface area contributed by atoms with E-state index in [0.717, 1.165) is 35.5 Å². The Hall–Kier alpha value is -1.32. The molecule has 0 saturated heterocycles. The van der Waals surface area contributed by atoms with Crippen LogP contribution in [0, 0.1) is 19.8 Å². The van der Waals surface area contributed by atoms with Crippen molar-refractivity contribution in [1.82, 2.24) is 9.97 Å². The van der Waals surface area contributed by atoms with Gasteiger partial charge < -0.3 is 10.6 Å². The largest absolute Gasteiger partial charge is 0.373 e. The van der Waals surface area contributed by atoms with Crippen LogP contribution in [0.4, 0.5) is 11.6 Å². The van der Waals surface area contributed by atoms with E-state index < -0.39 is 0 Å². The minimum absolute atomic E-state index is 0.805. The summed E-state index contributed by atoms with van der Waals surface area (Å²) in [4.78, 5) is 8.85. The van der Waals surface area contributed by atoms with Gasteiger partial charge in [0.1, 0.15) is 17.5 Å². The minimum Gasteiger partial charge on any atom is -0.373 e. The van der Waals surface area contributed by atoms with Crippen molar-refractivity contribution in [2.24, 2.45) is 5.92 Å². The van der Waals surface area contributed by atoms with Crippen LogP contribution in [-0.4, -0.2) is 23.6 Å². The molecule has 0 aliphatic rings. The van der Waals surface area contributed by atoms with Gasteiger partial charge in [-0.15, -0.1) is 0 Å². The first-order chi connectivity index (χ1) is 9.54. The van der Waals surface area contributed by atoms with Crippen molar-refractivity contribution in [3.63, 3.8) is 0 Å². The molecule has 4 heteroatoms. The standard InChI is InChI=1S/C16H30N4/c1-12(2)10-8-6-7-9-11-18-16-13(3)15(17-5)19-14(4)20-16/h12H,6-11H2,1-5H3,(H2,17,18,19,20). The van der Waals surface area contributed by atoms with E-state index in [1.54, 1.807) is 0 Å². The van der Waals surface area contributed by atoms with Gasteiger partial charge in [0.15, 0.2) is 0 Å². The van der Waals surface area contributed by atoms with Gasteiger partial charge in [-0.2, -0.15) is 0 Å². The lowest BCUT2D eigenvalue weighted by Gasteiger charge is -2.12. The van der Waals surface area contributed by atoms with Crippen LogP contribution < -0.4 is 10.6 Å². The van der Waals surface area contributed by atoms with Crippen molar-refractivity contribution >= 4 is 11.6 Å². The molecule has 114 valence electrons. The zero-order chi connectivity index (χ0) is 15.0. The van der Waals surface area contributed by atoms with Gasteiger partial charge in [-0.1, -0.05) is 39.5 Å². The smallest absolute Gasteiger partial charge is 0.134 e. The van der Waals surface area contributed by atoms with Crippen molar-refractivity contribution in [3.8, 4) is 0 Å². The highest BCUT2D eigenvalue weighted by Gasteiger charge is 2.07. The first-order valence-corrected chi connectivity index (χ1v) is 7.81. The Bertz CT molecular complexity index is 402. The van der Waals surface area contributed by atoms with Crippen LogP contribution in [0.2, 0.25) is 0 Å². The topological polar surface area (TPSA) is 49.8 Å². The summed E-state index contributed by atoms with van der Waals surface area (Å²) < 4.78 is 0. The summed E-state index contributed by atoms with van der Waals surface area (Å²) in [6.07, 6.45) is 6.54. The number of anilines is 2. The van der Waals surface area contributed by atoms with Gasteiger partial charge in [-0.05, 0) is 26.2 Å². The monoisotopic (exact) mass is 278 g/mol. The van der Waals surface area contributed by atoms with E-state index in [-0.39, 0.29) is 0 Å². The third kappa shape index (κ3) is 5.76. The molecule has 0 aliphatic carbocycles. The van der Waals surface area contributed by atoms with Crippen LogP contribution in [0.15, 0.2) is 0 Å². The highest BCUT2D eigenvalue weighted by Crippen LogP contribution is 2.19. The highest BCUT2D eigenvalue weighted by molar-refractivity contribution is 5.56. The summed E-state index contributed by atoms with van der Waals surface area (Å²) in [6, 6.07) is 0. The Morgan fingerprint density at radius 3 is 2.25 bits per heavy atom. The number of rotatable bonds is 9. The van der Waals surface area contributed by atoms with E-state index in [9.17, 15) is 0 Å². The maximum Gasteiger partial charge on any atom is 0.134 e. The van der Waals surface area contributed by atoms with Gasteiger partial charge in [-0.25, -0.2) is 9.97 Å². The maximum absolute atomic E-state index is 4.48. The zero-order valence-corrected chi connectivity index (χ0v) is 13.7. The van der Waals surface area contributed by atoms with Crippen molar-refractivity contribution < 1.29 is 0 Å². The van der Waals surface area contributed by atoms with Gasteiger partial charge in [0, 0.05) is 19.2 Å². The SMILES string of the molecule is CNc1nc(C)nc(NCCCCCCC(C)C)c1C. The van der Waals surface area contributed by atoms with Crippen LogP contribution in [0.5, 0.6) is 0 Å². The number of aromatic nitrogens is 2. The summed E-state index contributed by atoms with van der Waals surface area (Å²) in [5.74, 6) is 3.51. The van der Waals surface area contributed by atoms with Crippen LogP contribution in [0.25, 0.3) is 0 Å². The molecule has 0 aliphatic heterocycles. The Balaban J connectivity index is 2.30. The predicted molar refractivity (Wildman–Crippen MR) is 87.5 cm³/mol. The molecule has 1 heterocycles.